The molecule has 0 radical (unpaired) electrons. The van der Waals surface area contributed by atoms with E-state index in [9.17, 15) is 9.59 Å². The monoisotopic (exact) mass is 427 g/mol. The average Bonchev–Trinajstić information content (AvgIpc) is 3.26. The minimum absolute atomic E-state index is 0.245. The fraction of sp³-hybridized carbons (Fsp3) is 0.190. The van der Waals surface area contributed by atoms with E-state index in [0.29, 0.717) is 28.0 Å². The molecule has 2 amide bonds. The Morgan fingerprint density at radius 2 is 1.83 bits per heavy atom. The highest BCUT2D eigenvalue weighted by atomic mass is 32.1. The maximum atomic E-state index is 12.5. The number of hydrogen-bond acceptors (Lipinski definition) is 7. The number of primary amides is 1. The molecule has 1 heterocycles. The van der Waals surface area contributed by atoms with Gasteiger partial charge in [0.25, 0.3) is 11.8 Å². The Hall–Kier alpha value is -3.59. The van der Waals surface area contributed by atoms with Crippen LogP contribution in [0.15, 0.2) is 47.8 Å². The molecule has 0 atom stereocenters. The van der Waals surface area contributed by atoms with Crippen molar-refractivity contribution in [3.05, 3.63) is 59.1 Å². The van der Waals surface area contributed by atoms with Gasteiger partial charge in [0.2, 0.25) is 0 Å². The van der Waals surface area contributed by atoms with Crippen molar-refractivity contribution in [3.8, 4) is 27.8 Å². The van der Waals surface area contributed by atoms with E-state index >= 15 is 0 Å². The fourth-order valence-corrected chi connectivity index (χ4v) is 3.52. The van der Waals surface area contributed by atoms with E-state index in [1.165, 1.54) is 18.4 Å². The molecule has 3 rings (SSSR count). The second kappa shape index (κ2) is 9.75. The summed E-state index contributed by atoms with van der Waals surface area (Å²) >= 11 is 1.37. The Bertz CT molecular complexity index is 1050. The molecule has 3 aromatic rings. The van der Waals surface area contributed by atoms with Crippen LogP contribution in [0.25, 0.3) is 10.6 Å². The number of nitrogens with one attached hydrogen (secondary N) is 1. The average molecular weight is 427 g/mol. The van der Waals surface area contributed by atoms with Gasteiger partial charge in [0, 0.05) is 11.9 Å². The van der Waals surface area contributed by atoms with Crippen molar-refractivity contribution in [1.82, 2.24) is 10.3 Å². The molecule has 2 aromatic carbocycles. The quantitative estimate of drug-likeness (QED) is 0.543. The van der Waals surface area contributed by atoms with E-state index in [-0.39, 0.29) is 19.1 Å². The third-order valence-corrected chi connectivity index (χ3v) is 5.00. The fourth-order valence-electron chi connectivity index (χ4n) is 2.69. The van der Waals surface area contributed by atoms with Gasteiger partial charge < -0.3 is 25.3 Å². The summed E-state index contributed by atoms with van der Waals surface area (Å²) in [4.78, 5) is 27.8. The molecular formula is C21H21N3O5S. The van der Waals surface area contributed by atoms with E-state index in [0.717, 1.165) is 11.1 Å². The largest absolute Gasteiger partial charge is 0.496 e. The number of amides is 2. The third-order valence-electron chi connectivity index (χ3n) is 4.13. The predicted molar refractivity (Wildman–Crippen MR) is 113 cm³/mol. The molecule has 3 N–H and O–H groups in total. The van der Waals surface area contributed by atoms with Crippen molar-refractivity contribution in [2.24, 2.45) is 5.73 Å². The zero-order valence-corrected chi connectivity index (χ0v) is 17.3. The number of hydrogen-bond donors (Lipinski definition) is 2. The number of nitrogens with two attached hydrogens (primary N) is 1. The summed E-state index contributed by atoms with van der Waals surface area (Å²) in [6.45, 7) is 0.0254. The number of nitrogens with zero attached hydrogens (tertiary/aromatic N) is 1. The second-order valence-electron chi connectivity index (χ2n) is 6.16. The molecular weight excluding hydrogens is 406 g/mol. The van der Waals surface area contributed by atoms with Crippen LogP contribution in [0.4, 0.5) is 0 Å². The van der Waals surface area contributed by atoms with Crippen LogP contribution < -0.4 is 25.3 Å². The number of carbonyl (C=O) groups excluding carboxylic acids is 2. The smallest absolute Gasteiger partial charge is 0.271 e. The van der Waals surface area contributed by atoms with E-state index in [1.807, 2.05) is 24.3 Å². The number of aromatic nitrogens is 1. The molecule has 8 nitrogen and oxygen atoms in total. The van der Waals surface area contributed by atoms with Crippen LogP contribution >= 0.6 is 11.3 Å². The van der Waals surface area contributed by atoms with Crippen molar-refractivity contribution >= 4 is 23.2 Å². The van der Waals surface area contributed by atoms with Crippen molar-refractivity contribution in [1.29, 1.82) is 0 Å². The normalized spacial score (nSPS) is 10.3. The summed E-state index contributed by atoms with van der Waals surface area (Å²) in [6.07, 6.45) is 0. The Labute approximate surface area is 177 Å². The minimum atomic E-state index is -0.579. The maximum Gasteiger partial charge on any atom is 0.271 e. The SMILES string of the molecule is COc1cc(CNC(=O)c2csc(-c3ccccc3OC)n2)ccc1OCC(N)=O. The molecule has 0 aliphatic heterocycles. The van der Waals surface area contributed by atoms with Gasteiger partial charge in [0.05, 0.1) is 19.8 Å². The van der Waals surface area contributed by atoms with Crippen LogP contribution in [0.1, 0.15) is 16.1 Å². The highest BCUT2D eigenvalue weighted by molar-refractivity contribution is 7.13. The van der Waals surface area contributed by atoms with Crippen LogP contribution in [0.3, 0.4) is 0 Å². The lowest BCUT2D eigenvalue weighted by Gasteiger charge is -2.11. The van der Waals surface area contributed by atoms with Crippen molar-refractivity contribution in [2.75, 3.05) is 20.8 Å². The molecule has 0 aliphatic carbocycles. The van der Waals surface area contributed by atoms with Crippen molar-refractivity contribution < 1.29 is 23.8 Å². The van der Waals surface area contributed by atoms with Crippen molar-refractivity contribution in [2.45, 2.75) is 6.54 Å². The molecule has 0 bridgehead atoms. The summed E-state index contributed by atoms with van der Waals surface area (Å²) in [7, 11) is 3.09. The number of thiazole rings is 1. The summed E-state index contributed by atoms with van der Waals surface area (Å²) in [5.74, 6) is 0.663. The number of carbonyl (C=O) groups is 2. The highest BCUT2D eigenvalue weighted by Crippen LogP contribution is 2.32. The molecule has 0 spiro atoms. The minimum Gasteiger partial charge on any atom is -0.496 e. The first kappa shape index (κ1) is 21.1. The summed E-state index contributed by atoms with van der Waals surface area (Å²) in [5.41, 5.74) is 7.05. The Balaban J connectivity index is 1.66. The standard InChI is InChI=1S/C21H21N3O5S/c1-27-16-6-4-3-5-14(16)21-24-15(12-30-21)20(26)23-10-13-7-8-17(18(9-13)28-2)29-11-19(22)25/h3-9,12H,10-11H2,1-2H3,(H2,22,25)(H,23,26). The molecule has 9 heteroatoms. The lowest BCUT2D eigenvalue weighted by Crippen LogP contribution is -2.23. The Morgan fingerprint density at radius 1 is 1.07 bits per heavy atom. The maximum absolute atomic E-state index is 12.5. The van der Waals surface area contributed by atoms with E-state index in [4.69, 9.17) is 19.9 Å². The number of benzene rings is 2. The number of methoxy groups -OCH3 is 2. The van der Waals surface area contributed by atoms with Gasteiger partial charge in [0.15, 0.2) is 18.1 Å². The van der Waals surface area contributed by atoms with Gasteiger partial charge in [-0.15, -0.1) is 11.3 Å². The summed E-state index contributed by atoms with van der Waals surface area (Å²) in [6, 6.07) is 12.7. The van der Waals surface area contributed by atoms with E-state index in [2.05, 4.69) is 10.3 Å². The first-order valence-corrected chi connectivity index (χ1v) is 9.85. The van der Waals surface area contributed by atoms with Crippen molar-refractivity contribution in [3.63, 3.8) is 0 Å². The van der Waals surface area contributed by atoms with Gasteiger partial charge in [-0.2, -0.15) is 0 Å². The van der Waals surface area contributed by atoms with Crippen LogP contribution in [0.5, 0.6) is 17.2 Å². The molecule has 0 fully saturated rings. The van der Waals surface area contributed by atoms with Gasteiger partial charge >= 0.3 is 0 Å². The molecule has 0 saturated carbocycles. The Kier molecular flexibility index (Phi) is 6.87. The lowest BCUT2D eigenvalue weighted by molar-refractivity contribution is -0.119. The summed E-state index contributed by atoms with van der Waals surface area (Å²) in [5, 5.41) is 5.24. The van der Waals surface area contributed by atoms with Gasteiger partial charge in [-0.1, -0.05) is 18.2 Å². The summed E-state index contributed by atoms with van der Waals surface area (Å²) < 4.78 is 15.9. The van der Waals surface area contributed by atoms with E-state index in [1.54, 1.807) is 30.7 Å². The molecule has 0 aliphatic rings. The Morgan fingerprint density at radius 3 is 2.57 bits per heavy atom. The van der Waals surface area contributed by atoms with Gasteiger partial charge in [-0.05, 0) is 29.8 Å². The first-order chi connectivity index (χ1) is 14.5. The van der Waals surface area contributed by atoms with Crippen LogP contribution in [-0.4, -0.2) is 37.6 Å². The predicted octanol–water partition coefficient (Wildman–Crippen LogP) is 2.62. The molecule has 0 saturated heterocycles. The van der Waals surface area contributed by atoms with Gasteiger partial charge in [-0.3, -0.25) is 9.59 Å². The number of ether oxygens (including phenoxy) is 3. The van der Waals surface area contributed by atoms with Gasteiger partial charge in [-0.25, -0.2) is 4.98 Å². The van der Waals surface area contributed by atoms with Crippen LogP contribution in [0, 0.1) is 0 Å². The van der Waals surface area contributed by atoms with E-state index < -0.39 is 5.91 Å². The topological polar surface area (TPSA) is 113 Å². The molecule has 1 aromatic heterocycles. The third kappa shape index (κ3) is 5.06. The van der Waals surface area contributed by atoms with Crippen LogP contribution in [-0.2, 0) is 11.3 Å². The second-order valence-corrected chi connectivity index (χ2v) is 7.02. The number of para-hydroxylation sites is 1. The molecule has 30 heavy (non-hydrogen) atoms. The zero-order chi connectivity index (χ0) is 21.5. The lowest BCUT2D eigenvalue weighted by atomic mass is 10.2. The zero-order valence-electron chi connectivity index (χ0n) is 16.5. The molecule has 156 valence electrons. The van der Waals surface area contributed by atoms with Crippen LogP contribution in [0.2, 0.25) is 0 Å². The molecule has 0 unspecified atom stereocenters. The van der Waals surface area contributed by atoms with Gasteiger partial charge in [0.1, 0.15) is 16.5 Å². The first-order valence-electron chi connectivity index (χ1n) is 8.97. The highest BCUT2D eigenvalue weighted by Gasteiger charge is 2.15. The number of rotatable bonds is 9.